The third-order valence-corrected chi connectivity index (χ3v) is 4.71. The van der Waals surface area contributed by atoms with E-state index in [2.05, 4.69) is 15.3 Å². The van der Waals surface area contributed by atoms with Crippen molar-refractivity contribution in [3.05, 3.63) is 42.9 Å². The van der Waals surface area contributed by atoms with Gasteiger partial charge in [-0.05, 0) is 30.7 Å². The summed E-state index contributed by atoms with van der Waals surface area (Å²) >= 11 is 0. The largest absolute Gasteiger partial charge is 0.383 e. The van der Waals surface area contributed by atoms with Crippen LogP contribution in [0, 0.1) is 0 Å². The van der Waals surface area contributed by atoms with Crippen LogP contribution in [0.1, 0.15) is 13.3 Å². The summed E-state index contributed by atoms with van der Waals surface area (Å²) in [7, 11) is -2.22. The number of hydrogen-bond donors (Lipinski definition) is 1. The normalized spacial score (nSPS) is 11.1. The van der Waals surface area contributed by atoms with E-state index in [1.54, 1.807) is 36.7 Å². The van der Waals surface area contributed by atoms with Gasteiger partial charge in [0.05, 0.1) is 11.4 Å². The van der Waals surface area contributed by atoms with E-state index in [-0.39, 0.29) is 5.03 Å². The summed E-state index contributed by atoms with van der Waals surface area (Å²) in [6, 6.07) is 6.71. The highest BCUT2D eigenvalue weighted by Gasteiger charge is 2.25. The second-order valence-corrected chi connectivity index (χ2v) is 6.35. The third-order valence-electron chi connectivity index (χ3n) is 2.97. The van der Waals surface area contributed by atoms with E-state index in [1.165, 1.54) is 17.5 Å². The number of anilines is 2. The van der Waals surface area contributed by atoms with Crippen LogP contribution in [0.3, 0.4) is 0 Å². The van der Waals surface area contributed by atoms with Crippen molar-refractivity contribution in [1.29, 1.82) is 0 Å². The maximum absolute atomic E-state index is 12.7. The predicted octanol–water partition coefficient (Wildman–Crippen LogP) is 2.12. The molecule has 0 radical (unpaired) electrons. The molecule has 0 bridgehead atoms. The first kappa shape index (κ1) is 15.2. The van der Waals surface area contributed by atoms with Crippen molar-refractivity contribution in [3.8, 4) is 0 Å². The minimum Gasteiger partial charge on any atom is -0.383 e. The summed E-state index contributed by atoms with van der Waals surface area (Å²) < 4.78 is 26.6. The van der Waals surface area contributed by atoms with Crippen LogP contribution in [0.25, 0.3) is 0 Å². The lowest BCUT2D eigenvalue weighted by Crippen LogP contribution is -2.28. The molecule has 0 saturated carbocycles. The van der Waals surface area contributed by atoms with Gasteiger partial charge in [-0.2, -0.15) is 8.42 Å². The van der Waals surface area contributed by atoms with Crippen LogP contribution < -0.4 is 9.62 Å². The Morgan fingerprint density at radius 3 is 2.57 bits per heavy atom. The van der Waals surface area contributed by atoms with Crippen LogP contribution in [0.5, 0.6) is 0 Å². The minimum absolute atomic E-state index is 0.0257. The van der Waals surface area contributed by atoms with Gasteiger partial charge >= 0.3 is 0 Å². The lowest BCUT2D eigenvalue weighted by Gasteiger charge is -2.20. The summed E-state index contributed by atoms with van der Waals surface area (Å²) in [5, 5.41) is 3.12. The summed E-state index contributed by atoms with van der Waals surface area (Å²) in [5.41, 5.74) is 1.05. The van der Waals surface area contributed by atoms with Gasteiger partial charge in [-0.25, -0.2) is 4.98 Å². The molecule has 0 aromatic carbocycles. The summed E-state index contributed by atoms with van der Waals surface area (Å²) in [6.07, 6.45) is 5.48. The molecule has 2 aromatic rings. The van der Waals surface area contributed by atoms with Crippen LogP contribution in [0.4, 0.5) is 11.4 Å². The zero-order valence-corrected chi connectivity index (χ0v) is 12.8. The van der Waals surface area contributed by atoms with E-state index in [4.69, 9.17) is 0 Å². The topological polar surface area (TPSA) is 75.2 Å². The highest BCUT2D eigenvalue weighted by Crippen LogP contribution is 2.25. The number of pyridine rings is 2. The maximum Gasteiger partial charge on any atom is 0.283 e. The van der Waals surface area contributed by atoms with Gasteiger partial charge in [0.25, 0.3) is 10.0 Å². The van der Waals surface area contributed by atoms with Crippen molar-refractivity contribution in [2.75, 3.05) is 23.2 Å². The van der Waals surface area contributed by atoms with Gasteiger partial charge in [0.2, 0.25) is 0 Å². The molecule has 0 amide bonds. The Kier molecular flexibility index (Phi) is 4.74. The Bertz CT molecular complexity index is 689. The van der Waals surface area contributed by atoms with Gasteiger partial charge in [0, 0.05) is 32.2 Å². The molecule has 21 heavy (non-hydrogen) atoms. The van der Waals surface area contributed by atoms with Crippen LogP contribution >= 0.6 is 0 Å². The molecule has 6 nitrogen and oxygen atoms in total. The van der Waals surface area contributed by atoms with Crippen LogP contribution in [0.15, 0.2) is 47.9 Å². The fraction of sp³-hybridized carbons (Fsp3) is 0.286. The van der Waals surface area contributed by atoms with Crippen molar-refractivity contribution in [1.82, 2.24) is 9.97 Å². The molecule has 112 valence electrons. The number of nitrogens with zero attached hydrogens (tertiary/aromatic N) is 3. The average molecular weight is 306 g/mol. The molecule has 2 heterocycles. The van der Waals surface area contributed by atoms with Gasteiger partial charge < -0.3 is 5.32 Å². The molecule has 2 aromatic heterocycles. The molecule has 1 N–H and O–H groups in total. The van der Waals surface area contributed by atoms with Crippen LogP contribution in [-0.4, -0.2) is 32.0 Å². The van der Waals surface area contributed by atoms with Crippen molar-refractivity contribution >= 4 is 21.4 Å². The molecule has 0 spiro atoms. The van der Waals surface area contributed by atoms with E-state index in [0.717, 1.165) is 6.42 Å². The minimum atomic E-state index is -3.72. The molecular weight excluding hydrogens is 288 g/mol. The number of rotatable bonds is 6. The van der Waals surface area contributed by atoms with Gasteiger partial charge in [-0.1, -0.05) is 6.92 Å². The van der Waals surface area contributed by atoms with Gasteiger partial charge in [0.1, 0.15) is 0 Å². The first-order chi connectivity index (χ1) is 10.1. The fourth-order valence-corrected chi connectivity index (χ4v) is 3.08. The van der Waals surface area contributed by atoms with E-state index in [9.17, 15) is 8.42 Å². The van der Waals surface area contributed by atoms with Crippen LogP contribution in [0.2, 0.25) is 0 Å². The van der Waals surface area contributed by atoms with Crippen molar-refractivity contribution in [3.63, 3.8) is 0 Å². The van der Waals surface area contributed by atoms with E-state index >= 15 is 0 Å². The van der Waals surface area contributed by atoms with Crippen molar-refractivity contribution < 1.29 is 8.42 Å². The highest BCUT2D eigenvalue weighted by atomic mass is 32.2. The number of hydrogen-bond acceptors (Lipinski definition) is 5. The molecule has 0 saturated heterocycles. The molecule has 0 unspecified atom stereocenters. The first-order valence-corrected chi connectivity index (χ1v) is 8.09. The van der Waals surface area contributed by atoms with Gasteiger partial charge in [-0.3, -0.25) is 9.29 Å². The van der Waals surface area contributed by atoms with E-state index in [1.807, 2.05) is 6.92 Å². The molecule has 0 fully saturated rings. The lowest BCUT2D eigenvalue weighted by molar-refractivity contribution is 0.591. The first-order valence-electron chi connectivity index (χ1n) is 6.65. The smallest absolute Gasteiger partial charge is 0.283 e. The molecule has 0 aliphatic carbocycles. The average Bonchev–Trinajstić information content (AvgIpc) is 2.53. The lowest BCUT2D eigenvalue weighted by atomic mass is 10.4. The Hall–Kier alpha value is -2.15. The number of aromatic nitrogens is 2. The molecular formula is C14H18N4O2S. The number of nitrogens with one attached hydrogen (secondary N) is 1. The second kappa shape index (κ2) is 6.53. The fourth-order valence-electron chi connectivity index (χ4n) is 1.81. The second-order valence-electron chi connectivity index (χ2n) is 4.46. The van der Waals surface area contributed by atoms with Crippen molar-refractivity contribution in [2.45, 2.75) is 18.4 Å². The predicted molar refractivity (Wildman–Crippen MR) is 82.8 cm³/mol. The molecule has 0 aliphatic heterocycles. The summed E-state index contributed by atoms with van der Waals surface area (Å²) in [6.45, 7) is 2.70. The standard InChI is InChI=1S/C14H18N4O2S/c1-3-8-16-13-5-4-9-17-14(13)21(19,20)18(2)12-6-10-15-11-7-12/h4-7,9-11,16H,3,8H2,1-2H3. The Morgan fingerprint density at radius 1 is 1.19 bits per heavy atom. The Labute approximate surface area is 124 Å². The van der Waals surface area contributed by atoms with Crippen molar-refractivity contribution in [2.24, 2.45) is 0 Å². The van der Waals surface area contributed by atoms with Gasteiger partial charge in [0.15, 0.2) is 5.03 Å². The zero-order chi connectivity index (χ0) is 15.3. The number of sulfonamides is 1. The molecule has 7 heteroatoms. The summed E-state index contributed by atoms with van der Waals surface area (Å²) in [5.74, 6) is 0. The van der Waals surface area contributed by atoms with Crippen LogP contribution in [-0.2, 0) is 10.0 Å². The monoisotopic (exact) mass is 306 g/mol. The Morgan fingerprint density at radius 2 is 1.90 bits per heavy atom. The van der Waals surface area contributed by atoms with E-state index in [0.29, 0.717) is 17.9 Å². The third kappa shape index (κ3) is 3.30. The van der Waals surface area contributed by atoms with E-state index < -0.39 is 10.0 Å². The molecule has 0 aliphatic rings. The Balaban J connectivity index is 2.40. The zero-order valence-electron chi connectivity index (χ0n) is 12.0. The maximum atomic E-state index is 12.7. The quantitative estimate of drug-likeness (QED) is 0.885. The summed E-state index contributed by atoms with van der Waals surface area (Å²) in [4.78, 5) is 7.93. The van der Waals surface area contributed by atoms with Gasteiger partial charge in [-0.15, -0.1) is 0 Å². The highest BCUT2D eigenvalue weighted by molar-refractivity contribution is 7.92. The molecule has 0 atom stereocenters. The SMILES string of the molecule is CCCNc1cccnc1S(=O)(=O)N(C)c1ccncc1. The molecule has 2 rings (SSSR count).